The first-order valence-corrected chi connectivity index (χ1v) is 11.5. The van der Waals surface area contributed by atoms with Crippen molar-refractivity contribution in [1.82, 2.24) is 4.72 Å². The summed E-state index contributed by atoms with van der Waals surface area (Å²) in [4.78, 5) is 11.8. The number of rotatable bonds is 8. The molecule has 0 aliphatic carbocycles. The zero-order valence-electron chi connectivity index (χ0n) is 15.1. The molecule has 0 radical (unpaired) electrons. The zero-order valence-corrected chi connectivity index (χ0v) is 16.7. The molecule has 10 heteroatoms. The molecule has 0 saturated carbocycles. The maximum atomic E-state index is 12.7. The van der Waals surface area contributed by atoms with Crippen LogP contribution in [0.1, 0.15) is 33.6 Å². The van der Waals surface area contributed by atoms with Crippen molar-refractivity contribution < 1.29 is 26.4 Å². The van der Waals surface area contributed by atoms with Gasteiger partial charge in [-0.2, -0.15) is 0 Å². The van der Waals surface area contributed by atoms with Crippen LogP contribution >= 0.6 is 0 Å². The van der Waals surface area contributed by atoms with Crippen molar-refractivity contribution in [2.24, 2.45) is 5.92 Å². The van der Waals surface area contributed by atoms with Crippen LogP contribution in [0.4, 0.5) is 5.69 Å². The van der Waals surface area contributed by atoms with Crippen molar-refractivity contribution in [2.45, 2.75) is 38.5 Å². The molecule has 1 aromatic carbocycles. The van der Waals surface area contributed by atoms with Gasteiger partial charge in [0.15, 0.2) is 0 Å². The molecule has 1 N–H and O–H groups in total. The molecule has 1 saturated heterocycles. The predicted octanol–water partition coefficient (Wildman–Crippen LogP) is 1.48. The van der Waals surface area contributed by atoms with E-state index in [-0.39, 0.29) is 41.7 Å². The van der Waals surface area contributed by atoms with Gasteiger partial charge in [-0.3, -0.25) is 4.79 Å². The van der Waals surface area contributed by atoms with E-state index in [0.717, 1.165) is 0 Å². The minimum absolute atomic E-state index is 0.000174. The largest absolute Gasteiger partial charge is 0.492 e. The zero-order chi connectivity index (χ0) is 19.5. The molecule has 1 heterocycles. The third-order valence-electron chi connectivity index (χ3n) is 3.84. The molecule has 1 amide bonds. The number of amides is 1. The Morgan fingerprint density at radius 2 is 2.00 bits per heavy atom. The molecule has 0 unspecified atom stereocenters. The molecule has 1 fully saturated rings. The van der Waals surface area contributed by atoms with Crippen LogP contribution in [0.2, 0.25) is 0 Å². The van der Waals surface area contributed by atoms with E-state index in [1.807, 2.05) is 13.8 Å². The van der Waals surface area contributed by atoms with Gasteiger partial charge in [-0.05, 0) is 37.5 Å². The van der Waals surface area contributed by atoms with Gasteiger partial charge in [-0.1, -0.05) is 13.8 Å². The summed E-state index contributed by atoms with van der Waals surface area (Å²) in [6.07, 6.45) is 0.534. The Labute approximate surface area is 154 Å². The highest BCUT2D eigenvalue weighted by Gasteiger charge is 2.37. The van der Waals surface area contributed by atoms with Crippen LogP contribution in [0.25, 0.3) is 0 Å². The van der Waals surface area contributed by atoms with Gasteiger partial charge in [0.05, 0.1) is 18.0 Å². The number of nitrogens with zero attached hydrogens (tertiary/aromatic N) is 1. The van der Waals surface area contributed by atoms with E-state index in [4.69, 9.17) is 4.74 Å². The lowest BCUT2D eigenvalue weighted by Gasteiger charge is -2.18. The van der Waals surface area contributed by atoms with Gasteiger partial charge in [-0.15, -0.1) is 0 Å². The first-order valence-electron chi connectivity index (χ1n) is 8.41. The maximum Gasteiger partial charge on any atom is 0.244 e. The van der Waals surface area contributed by atoms with Crippen molar-refractivity contribution in [3.8, 4) is 5.75 Å². The minimum Gasteiger partial charge on any atom is -0.492 e. The molecular formula is C16H24N2O6S2. The SMILES string of the molecule is CCOc1ccc(N2C(=O)CCS2(=O)=O)cc1S(=O)(=O)NCCC(C)C. The van der Waals surface area contributed by atoms with E-state index in [1.165, 1.54) is 18.2 Å². The van der Waals surface area contributed by atoms with Gasteiger partial charge >= 0.3 is 0 Å². The van der Waals surface area contributed by atoms with Crippen molar-refractivity contribution in [3.05, 3.63) is 18.2 Å². The second-order valence-corrected chi connectivity index (χ2v) is 10.0. The van der Waals surface area contributed by atoms with Crippen molar-refractivity contribution in [3.63, 3.8) is 0 Å². The monoisotopic (exact) mass is 404 g/mol. The Kier molecular flexibility index (Phi) is 6.30. The summed E-state index contributed by atoms with van der Waals surface area (Å²) in [5.74, 6) is -0.432. The Balaban J connectivity index is 2.44. The normalized spacial score (nSPS) is 17.1. The summed E-state index contributed by atoms with van der Waals surface area (Å²) in [6.45, 7) is 6.16. The van der Waals surface area contributed by atoms with Gasteiger partial charge in [0, 0.05) is 13.0 Å². The van der Waals surface area contributed by atoms with Crippen LogP contribution in [0.15, 0.2) is 23.1 Å². The molecular weight excluding hydrogens is 380 g/mol. The van der Waals surface area contributed by atoms with Crippen molar-refractivity contribution in [2.75, 3.05) is 23.2 Å². The second-order valence-electron chi connectivity index (χ2n) is 6.37. The second kappa shape index (κ2) is 7.93. The fourth-order valence-corrected chi connectivity index (χ4v) is 5.20. The molecule has 0 atom stereocenters. The van der Waals surface area contributed by atoms with Gasteiger partial charge in [0.25, 0.3) is 0 Å². The smallest absolute Gasteiger partial charge is 0.244 e. The number of nitrogens with one attached hydrogen (secondary N) is 1. The lowest BCUT2D eigenvalue weighted by atomic mass is 10.1. The first kappa shape index (κ1) is 20.7. The Hall–Kier alpha value is -1.65. The summed E-state index contributed by atoms with van der Waals surface area (Å²) < 4.78 is 58.1. The van der Waals surface area contributed by atoms with E-state index in [2.05, 4.69) is 4.72 Å². The average molecular weight is 405 g/mol. The number of anilines is 1. The van der Waals surface area contributed by atoms with E-state index in [0.29, 0.717) is 16.6 Å². The highest BCUT2D eigenvalue weighted by molar-refractivity contribution is 7.94. The number of ether oxygens (including phenoxy) is 1. The number of benzene rings is 1. The number of carbonyl (C=O) groups excluding carboxylic acids is 1. The number of carbonyl (C=O) groups is 1. The van der Waals surface area contributed by atoms with Crippen LogP contribution in [-0.4, -0.2) is 41.6 Å². The van der Waals surface area contributed by atoms with E-state index < -0.39 is 26.0 Å². The minimum atomic E-state index is -3.92. The predicted molar refractivity (Wildman–Crippen MR) is 98.1 cm³/mol. The summed E-state index contributed by atoms with van der Waals surface area (Å²) in [6, 6.07) is 3.92. The standard InChI is InChI=1S/C16H24N2O6S2/c1-4-24-14-6-5-13(18-16(19)8-10-25(18,20)21)11-15(14)26(22,23)17-9-7-12(2)3/h5-6,11-12,17H,4,7-10H2,1-3H3. The summed E-state index contributed by atoms with van der Waals surface area (Å²) in [5.41, 5.74) is 0.000174. The van der Waals surface area contributed by atoms with Crippen molar-refractivity contribution in [1.29, 1.82) is 0 Å². The van der Waals surface area contributed by atoms with Crippen LogP contribution < -0.4 is 13.8 Å². The summed E-state index contributed by atoms with van der Waals surface area (Å²) in [5, 5.41) is 0. The number of sulfonamides is 2. The molecule has 1 aromatic rings. The van der Waals surface area contributed by atoms with E-state index in [9.17, 15) is 21.6 Å². The average Bonchev–Trinajstić information content (AvgIpc) is 2.81. The highest BCUT2D eigenvalue weighted by atomic mass is 32.2. The number of hydrogen-bond acceptors (Lipinski definition) is 6. The Morgan fingerprint density at radius 3 is 2.54 bits per heavy atom. The molecule has 0 bridgehead atoms. The summed E-state index contributed by atoms with van der Waals surface area (Å²) >= 11 is 0. The third kappa shape index (κ3) is 4.54. The van der Waals surface area contributed by atoms with Gasteiger partial charge in [-0.25, -0.2) is 25.9 Å². The van der Waals surface area contributed by atoms with Gasteiger partial charge in [0.1, 0.15) is 10.6 Å². The quantitative estimate of drug-likeness (QED) is 0.703. The maximum absolute atomic E-state index is 12.7. The van der Waals surface area contributed by atoms with E-state index in [1.54, 1.807) is 6.92 Å². The Morgan fingerprint density at radius 1 is 1.31 bits per heavy atom. The molecule has 1 aliphatic heterocycles. The first-order chi connectivity index (χ1) is 12.1. The van der Waals surface area contributed by atoms with Gasteiger partial charge in [0.2, 0.25) is 26.0 Å². The molecule has 146 valence electrons. The fraction of sp³-hybridized carbons (Fsp3) is 0.562. The topological polar surface area (TPSA) is 110 Å². The molecule has 0 aromatic heterocycles. The molecule has 8 nitrogen and oxygen atoms in total. The third-order valence-corrected chi connectivity index (χ3v) is 7.02. The van der Waals surface area contributed by atoms with E-state index >= 15 is 0 Å². The molecule has 1 aliphatic rings. The van der Waals surface area contributed by atoms with Crippen LogP contribution in [0.3, 0.4) is 0 Å². The van der Waals surface area contributed by atoms with Crippen LogP contribution in [-0.2, 0) is 24.8 Å². The molecule has 0 spiro atoms. The van der Waals surface area contributed by atoms with Crippen LogP contribution in [0, 0.1) is 5.92 Å². The molecule has 26 heavy (non-hydrogen) atoms. The summed E-state index contributed by atoms with van der Waals surface area (Å²) in [7, 11) is -7.70. The fourth-order valence-electron chi connectivity index (χ4n) is 2.54. The lowest BCUT2D eigenvalue weighted by molar-refractivity contribution is -0.116. The lowest BCUT2D eigenvalue weighted by Crippen LogP contribution is -2.30. The van der Waals surface area contributed by atoms with Crippen LogP contribution in [0.5, 0.6) is 5.75 Å². The highest BCUT2D eigenvalue weighted by Crippen LogP contribution is 2.32. The van der Waals surface area contributed by atoms with Gasteiger partial charge < -0.3 is 4.74 Å². The number of hydrogen-bond donors (Lipinski definition) is 1. The molecule has 2 rings (SSSR count). The van der Waals surface area contributed by atoms with Crippen molar-refractivity contribution >= 4 is 31.6 Å². The Bertz CT molecular complexity index is 878.